The van der Waals surface area contributed by atoms with E-state index in [0.29, 0.717) is 22.7 Å². The van der Waals surface area contributed by atoms with Crippen molar-refractivity contribution in [2.75, 3.05) is 4.90 Å². The zero-order valence-corrected chi connectivity index (χ0v) is 18.5. The maximum atomic E-state index is 13.4. The van der Waals surface area contributed by atoms with Gasteiger partial charge in [-0.25, -0.2) is 0 Å². The lowest BCUT2D eigenvalue weighted by atomic mass is 9.89. The number of benzene rings is 2. The highest BCUT2D eigenvalue weighted by Crippen LogP contribution is 2.44. The predicted molar refractivity (Wildman–Crippen MR) is 118 cm³/mol. The van der Waals surface area contributed by atoms with E-state index in [-0.39, 0.29) is 12.2 Å². The molecule has 1 atom stereocenters. The van der Waals surface area contributed by atoms with Crippen molar-refractivity contribution in [3.8, 4) is 0 Å². The summed E-state index contributed by atoms with van der Waals surface area (Å²) in [6.45, 7) is 4.39. The molecular formula is C23H20BrNO3S. The van der Waals surface area contributed by atoms with Crippen LogP contribution in [-0.4, -0.2) is 16.8 Å². The fourth-order valence-corrected chi connectivity index (χ4v) is 5.14. The first kappa shape index (κ1) is 20.0. The summed E-state index contributed by atoms with van der Waals surface area (Å²) in [6.07, 6.45) is -0.279. The van der Waals surface area contributed by atoms with Crippen molar-refractivity contribution in [3.05, 3.63) is 85.5 Å². The average molecular weight is 470 g/mol. The Morgan fingerprint density at radius 3 is 2.59 bits per heavy atom. The molecule has 29 heavy (non-hydrogen) atoms. The molecule has 1 aliphatic heterocycles. The second-order valence-electron chi connectivity index (χ2n) is 7.40. The largest absolute Gasteiger partial charge is 0.375 e. The molecule has 1 aliphatic rings. The number of Topliss-reactive ketones (excluding diaryl/α,β-unsaturated/α-hetero) is 1. The Labute approximate surface area is 181 Å². The minimum absolute atomic E-state index is 0.250. The molecule has 0 aliphatic carbocycles. The number of fused-ring (bicyclic) bond motifs is 1. The summed E-state index contributed by atoms with van der Waals surface area (Å²) < 4.78 is 0.836. The number of rotatable bonds is 5. The maximum absolute atomic E-state index is 13.4. The van der Waals surface area contributed by atoms with Gasteiger partial charge in [-0.05, 0) is 59.1 Å². The number of carbonyl (C=O) groups is 2. The highest BCUT2D eigenvalue weighted by molar-refractivity contribution is 9.11. The van der Waals surface area contributed by atoms with E-state index in [4.69, 9.17) is 0 Å². The predicted octanol–water partition coefficient (Wildman–Crippen LogP) is 5.13. The van der Waals surface area contributed by atoms with E-state index < -0.39 is 11.5 Å². The van der Waals surface area contributed by atoms with Crippen molar-refractivity contribution in [2.45, 2.75) is 32.4 Å². The fourth-order valence-electron chi connectivity index (χ4n) is 3.81. The summed E-state index contributed by atoms with van der Waals surface area (Å²) >= 11 is 4.65. The van der Waals surface area contributed by atoms with Crippen LogP contribution >= 0.6 is 27.3 Å². The number of halogens is 1. The Kier molecular flexibility index (Phi) is 5.19. The molecule has 6 heteroatoms. The van der Waals surface area contributed by atoms with E-state index in [1.807, 2.05) is 38.1 Å². The Bertz CT molecular complexity index is 1120. The van der Waals surface area contributed by atoms with Crippen LogP contribution in [0.1, 0.15) is 38.3 Å². The van der Waals surface area contributed by atoms with Gasteiger partial charge in [0.05, 0.1) is 27.3 Å². The van der Waals surface area contributed by atoms with Crippen LogP contribution in [0.5, 0.6) is 0 Å². The van der Waals surface area contributed by atoms with Crippen LogP contribution in [0.25, 0.3) is 0 Å². The van der Waals surface area contributed by atoms with E-state index in [9.17, 15) is 14.7 Å². The molecule has 0 saturated carbocycles. The van der Waals surface area contributed by atoms with E-state index in [1.54, 1.807) is 29.2 Å². The van der Waals surface area contributed by atoms with Crippen LogP contribution in [0, 0.1) is 13.8 Å². The quantitative estimate of drug-likeness (QED) is 0.526. The number of ketones is 1. The lowest BCUT2D eigenvalue weighted by Crippen LogP contribution is -2.41. The molecular weight excluding hydrogens is 450 g/mol. The summed E-state index contributed by atoms with van der Waals surface area (Å²) in [5, 5.41) is 11.4. The van der Waals surface area contributed by atoms with Crippen molar-refractivity contribution in [1.82, 2.24) is 0 Å². The lowest BCUT2D eigenvalue weighted by Gasteiger charge is -2.23. The van der Waals surface area contributed by atoms with Crippen LogP contribution in [0.15, 0.2) is 58.4 Å². The second kappa shape index (κ2) is 7.52. The number of aryl methyl sites for hydroxylation is 2. The third kappa shape index (κ3) is 3.56. The average Bonchev–Trinajstić information content (AvgIpc) is 3.20. The van der Waals surface area contributed by atoms with Gasteiger partial charge in [-0.3, -0.25) is 9.59 Å². The smallest absolute Gasteiger partial charge is 0.264 e. The van der Waals surface area contributed by atoms with E-state index in [2.05, 4.69) is 22.0 Å². The van der Waals surface area contributed by atoms with Gasteiger partial charge >= 0.3 is 0 Å². The molecule has 0 unspecified atom stereocenters. The normalized spacial score (nSPS) is 18.2. The lowest BCUT2D eigenvalue weighted by molar-refractivity contribution is -0.136. The first-order valence-corrected chi connectivity index (χ1v) is 10.9. The van der Waals surface area contributed by atoms with Crippen LogP contribution in [0.4, 0.5) is 5.69 Å². The molecule has 148 valence electrons. The summed E-state index contributed by atoms with van der Waals surface area (Å²) in [5.41, 5.74) is 2.53. The van der Waals surface area contributed by atoms with Crippen molar-refractivity contribution >= 4 is 44.6 Å². The molecule has 1 N–H and O–H groups in total. The maximum Gasteiger partial charge on any atom is 0.264 e. The van der Waals surface area contributed by atoms with Gasteiger partial charge in [-0.15, -0.1) is 11.3 Å². The summed E-state index contributed by atoms with van der Waals surface area (Å²) in [4.78, 5) is 28.3. The van der Waals surface area contributed by atoms with Gasteiger partial charge in [0.15, 0.2) is 11.4 Å². The molecule has 0 fully saturated rings. The zero-order valence-electron chi connectivity index (χ0n) is 16.1. The highest BCUT2D eigenvalue weighted by Gasteiger charge is 2.50. The molecule has 1 amide bonds. The Hall–Kier alpha value is -2.28. The number of amides is 1. The minimum Gasteiger partial charge on any atom is -0.375 e. The third-order valence-corrected chi connectivity index (χ3v) is 7.00. The number of hydrogen-bond donors (Lipinski definition) is 1. The summed E-state index contributed by atoms with van der Waals surface area (Å²) in [7, 11) is 0. The van der Waals surface area contributed by atoms with Gasteiger partial charge in [-0.2, -0.15) is 0 Å². The van der Waals surface area contributed by atoms with Crippen LogP contribution in [0.2, 0.25) is 0 Å². The number of hydrogen-bond acceptors (Lipinski definition) is 4. The van der Waals surface area contributed by atoms with Crippen molar-refractivity contribution in [1.29, 1.82) is 0 Å². The first-order chi connectivity index (χ1) is 13.8. The summed E-state index contributed by atoms with van der Waals surface area (Å²) in [6, 6.07) is 16.8. The van der Waals surface area contributed by atoms with E-state index in [0.717, 1.165) is 20.5 Å². The molecule has 4 rings (SSSR count). The van der Waals surface area contributed by atoms with Crippen molar-refractivity contribution < 1.29 is 14.7 Å². The number of anilines is 1. The molecule has 0 radical (unpaired) electrons. The van der Waals surface area contributed by atoms with Gasteiger partial charge in [0.2, 0.25) is 0 Å². The van der Waals surface area contributed by atoms with Crippen LogP contribution < -0.4 is 4.90 Å². The Morgan fingerprint density at radius 2 is 1.90 bits per heavy atom. The highest BCUT2D eigenvalue weighted by atomic mass is 79.9. The van der Waals surface area contributed by atoms with Gasteiger partial charge in [0.1, 0.15) is 0 Å². The number of carbonyl (C=O) groups excluding carboxylic acids is 2. The molecule has 0 bridgehead atoms. The number of nitrogens with zero attached hydrogens (tertiary/aromatic N) is 1. The Balaban J connectivity index is 1.69. The Morgan fingerprint density at radius 1 is 1.14 bits per heavy atom. The number of aliphatic hydroxyl groups is 1. The van der Waals surface area contributed by atoms with Crippen LogP contribution in [-0.2, 0) is 16.9 Å². The molecule has 1 aromatic heterocycles. The second-order valence-corrected chi connectivity index (χ2v) is 9.87. The molecule has 0 spiro atoms. The molecule has 3 aromatic rings. The summed E-state index contributed by atoms with van der Waals surface area (Å²) in [5.74, 6) is -0.706. The van der Waals surface area contributed by atoms with Crippen molar-refractivity contribution in [2.24, 2.45) is 0 Å². The first-order valence-electron chi connectivity index (χ1n) is 9.28. The molecule has 0 saturated heterocycles. The van der Waals surface area contributed by atoms with Gasteiger partial charge < -0.3 is 10.0 Å². The van der Waals surface area contributed by atoms with E-state index >= 15 is 0 Å². The molecule has 2 aromatic carbocycles. The van der Waals surface area contributed by atoms with Gasteiger partial charge in [-0.1, -0.05) is 42.0 Å². The zero-order chi connectivity index (χ0) is 20.8. The van der Waals surface area contributed by atoms with Gasteiger partial charge in [0.25, 0.3) is 5.91 Å². The standard InChI is InChI=1S/C23H20BrNO3S/c1-14-7-8-16(15(2)11-14)13-25-18-6-4-3-5-17(18)23(28,22(25)27)12-19(26)20-9-10-21(24)29-20/h3-11,28H,12-13H2,1-2H3/t23-/m0/s1. The fraction of sp³-hybridized carbons (Fsp3) is 0.217. The number of thiophene rings is 1. The monoisotopic (exact) mass is 469 g/mol. The van der Waals surface area contributed by atoms with Crippen LogP contribution in [0.3, 0.4) is 0 Å². The van der Waals surface area contributed by atoms with Gasteiger partial charge in [0, 0.05) is 5.56 Å². The van der Waals surface area contributed by atoms with E-state index in [1.165, 1.54) is 11.3 Å². The third-order valence-electron chi connectivity index (χ3n) is 5.33. The SMILES string of the molecule is Cc1ccc(CN2C(=O)[C@](O)(CC(=O)c3ccc(Br)s3)c3ccccc32)c(C)c1. The topological polar surface area (TPSA) is 57.6 Å². The molecule has 4 nitrogen and oxygen atoms in total. The number of para-hydroxylation sites is 1. The van der Waals surface area contributed by atoms with Crippen molar-refractivity contribution in [3.63, 3.8) is 0 Å². The molecule has 2 heterocycles. The minimum atomic E-state index is -1.86.